The quantitative estimate of drug-likeness (QED) is 0.764. The molecular formula is C14H18N2S. The standard InChI is InChI=1S/C14H18N2S/c1-16(9-7-15)8-6-12-4-5-14-13(11-12)3-2-10-17-14/h4-5,11H,2-3,6,8-10H2,1H3. The summed E-state index contributed by atoms with van der Waals surface area (Å²) < 4.78 is 0. The van der Waals surface area contributed by atoms with E-state index in [0.717, 1.165) is 13.0 Å². The number of hydrogen-bond donors (Lipinski definition) is 0. The van der Waals surface area contributed by atoms with Crippen LogP contribution in [-0.2, 0) is 12.8 Å². The van der Waals surface area contributed by atoms with Crippen molar-refractivity contribution in [3.05, 3.63) is 29.3 Å². The molecule has 1 aromatic rings. The van der Waals surface area contributed by atoms with E-state index in [1.807, 2.05) is 18.8 Å². The van der Waals surface area contributed by atoms with Crippen LogP contribution < -0.4 is 0 Å². The number of rotatable bonds is 4. The molecule has 0 unspecified atom stereocenters. The zero-order chi connectivity index (χ0) is 12.1. The van der Waals surface area contributed by atoms with Crippen LogP contribution in [0.4, 0.5) is 0 Å². The molecule has 1 aromatic carbocycles. The maximum absolute atomic E-state index is 8.60. The van der Waals surface area contributed by atoms with Gasteiger partial charge in [-0.15, -0.1) is 11.8 Å². The molecule has 0 aromatic heterocycles. The Bertz CT molecular complexity index is 423. The van der Waals surface area contributed by atoms with Crippen LogP contribution in [0.2, 0.25) is 0 Å². The predicted molar refractivity (Wildman–Crippen MR) is 72.3 cm³/mol. The number of likely N-dealkylation sites (N-methyl/N-ethyl adjacent to an activating group) is 1. The van der Waals surface area contributed by atoms with E-state index in [9.17, 15) is 0 Å². The number of hydrogen-bond acceptors (Lipinski definition) is 3. The monoisotopic (exact) mass is 246 g/mol. The SMILES string of the molecule is CN(CC#N)CCc1ccc2c(c1)CCCS2. The lowest BCUT2D eigenvalue weighted by molar-refractivity contribution is 0.379. The Hall–Kier alpha value is -0.980. The van der Waals surface area contributed by atoms with Gasteiger partial charge in [-0.2, -0.15) is 5.26 Å². The Balaban J connectivity index is 1.95. The lowest BCUT2D eigenvalue weighted by atomic mass is 10.0. The van der Waals surface area contributed by atoms with Gasteiger partial charge in [-0.05, 0) is 49.3 Å². The maximum Gasteiger partial charge on any atom is 0.0863 e. The fourth-order valence-electron chi connectivity index (χ4n) is 2.09. The summed E-state index contributed by atoms with van der Waals surface area (Å²) in [6.45, 7) is 1.47. The largest absolute Gasteiger partial charge is 0.293 e. The summed E-state index contributed by atoms with van der Waals surface area (Å²) in [6, 6.07) is 9.02. The number of benzene rings is 1. The molecule has 0 radical (unpaired) electrons. The van der Waals surface area contributed by atoms with E-state index in [1.165, 1.54) is 34.6 Å². The molecule has 90 valence electrons. The van der Waals surface area contributed by atoms with Gasteiger partial charge in [-0.1, -0.05) is 12.1 Å². The average Bonchev–Trinajstić information content (AvgIpc) is 2.36. The molecule has 1 heterocycles. The van der Waals surface area contributed by atoms with Crippen LogP contribution in [0.1, 0.15) is 17.5 Å². The van der Waals surface area contributed by atoms with Gasteiger partial charge in [0.1, 0.15) is 0 Å². The summed E-state index contributed by atoms with van der Waals surface area (Å²) in [5.74, 6) is 1.26. The molecule has 2 nitrogen and oxygen atoms in total. The Morgan fingerprint density at radius 2 is 2.35 bits per heavy atom. The van der Waals surface area contributed by atoms with Crippen LogP contribution in [-0.4, -0.2) is 30.8 Å². The highest BCUT2D eigenvalue weighted by Gasteiger charge is 2.10. The van der Waals surface area contributed by atoms with Gasteiger partial charge >= 0.3 is 0 Å². The van der Waals surface area contributed by atoms with Gasteiger partial charge in [-0.25, -0.2) is 0 Å². The third-order valence-electron chi connectivity index (χ3n) is 3.10. The Morgan fingerprint density at radius 3 is 3.18 bits per heavy atom. The topological polar surface area (TPSA) is 27.0 Å². The second-order valence-electron chi connectivity index (χ2n) is 4.54. The molecule has 1 aliphatic heterocycles. The van der Waals surface area contributed by atoms with Crippen LogP contribution in [0.15, 0.2) is 23.1 Å². The molecule has 2 rings (SSSR count). The fourth-order valence-corrected chi connectivity index (χ4v) is 3.11. The molecule has 0 aliphatic carbocycles. The minimum atomic E-state index is 0.515. The van der Waals surface area contributed by atoms with Crippen LogP contribution in [0.5, 0.6) is 0 Å². The molecule has 17 heavy (non-hydrogen) atoms. The van der Waals surface area contributed by atoms with E-state index in [4.69, 9.17) is 5.26 Å². The molecule has 0 amide bonds. The van der Waals surface area contributed by atoms with Gasteiger partial charge in [0.25, 0.3) is 0 Å². The van der Waals surface area contributed by atoms with Crippen molar-refractivity contribution in [3.8, 4) is 6.07 Å². The second kappa shape index (κ2) is 6.09. The van der Waals surface area contributed by atoms with Crippen molar-refractivity contribution in [1.82, 2.24) is 4.90 Å². The molecule has 0 atom stereocenters. The summed E-state index contributed by atoms with van der Waals surface area (Å²) in [6.07, 6.45) is 3.57. The van der Waals surface area contributed by atoms with Gasteiger partial charge in [0, 0.05) is 11.4 Å². The third-order valence-corrected chi connectivity index (χ3v) is 4.30. The normalized spacial score (nSPS) is 14.4. The molecule has 0 saturated heterocycles. The van der Waals surface area contributed by atoms with Crippen molar-refractivity contribution in [2.24, 2.45) is 0 Å². The van der Waals surface area contributed by atoms with Gasteiger partial charge < -0.3 is 0 Å². The van der Waals surface area contributed by atoms with Crippen molar-refractivity contribution < 1.29 is 0 Å². The smallest absolute Gasteiger partial charge is 0.0863 e. The van der Waals surface area contributed by atoms with Crippen LogP contribution in [0.25, 0.3) is 0 Å². The van der Waals surface area contributed by atoms with Gasteiger partial charge in [0.15, 0.2) is 0 Å². The molecule has 0 bridgehead atoms. The number of aryl methyl sites for hydroxylation is 1. The van der Waals surface area contributed by atoms with Gasteiger partial charge in [0.2, 0.25) is 0 Å². The first kappa shape index (κ1) is 12.5. The highest BCUT2D eigenvalue weighted by atomic mass is 32.2. The van der Waals surface area contributed by atoms with E-state index < -0.39 is 0 Å². The van der Waals surface area contributed by atoms with E-state index in [-0.39, 0.29) is 0 Å². The molecule has 0 spiro atoms. The van der Waals surface area contributed by atoms with Gasteiger partial charge in [0.05, 0.1) is 12.6 Å². The van der Waals surface area contributed by atoms with E-state index >= 15 is 0 Å². The number of fused-ring (bicyclic) bond motifs is 1. The number of nitriles is 1. The average molecular weight is 246 g/mol. The van der Waals surface area contributed by atoms with Crippen molar-refractivity contribution in [3.63, 3.8) is 0 Å². The highest BCUT2D eigenvalue weighted by molar-refractivity contribution is 7.99. The third kappa shape index (κ3) is 3.49. The molecule has 3 heteroatoms. The Morgan fingerprint density at radius 1 is 1.47 bits per heavy atom. The summed E-state index contributed by atoms with van der Waals surface area (Å²) in [5, 5.41) is 8.60. The zero-order valence-corrected chi connectivity index (χ0v) is 11.1. The van der Waals surface area contributed by atoms with Crippen molar-refractivity contribution in [2.45, 2.75) is 24.2 Å². The van der Waals surface area contributed by atoms with E-state index in [2.05, 4.69) is 29.2 Å². The summed E-state index contributed by atoms with van der Waals surface area (Å²) in [5.41, 5.74) is 2.91. The molecular weight excluding hydrogens is 228 g/mol. The van der Waals surface area contributed by atoms with Gasteiger partial charge in [-0.3, -0.25) is 4.90 Å². The van der Waals surface area contributed by atoms with Crippen molar-refractivity contribution in [2.75, 3.05) is 25.9 Å². The summed E-state index contributed by atoms with van der Waals surface area (Å²) >= 11 is 1.98. The van der Waals surface area contributed by atoms with E-state index in [1.54, 1.807) is 0 Å². The van der Waals surface area contributed by atoms with Crippen LogP contribution in [0.3, 0.4) is 0 Å². The lowest BCUT2D eigenvalue weighted by Crippen LogP contribution is -2.21. The minimum Gasteiger partial charge on any atom is -0.293 e. The molecule has 0 fully saturated rings. The first-order chi connectivity index (χ1) is 8.29. The zero-order valence-electron chi connectivity index (χ0n) is 10.3. The Kier molecular flexibility index (Phi) is 4.47. The molecule has 0 N–H and O–H groups in total. The number of thioether (sulfide) groups is 1. The van der Waals surface area contributed by atoms with Crippen molar-refractivity contribution >= 4 is 11.8 Å². The summed E-state index contributed by atoms with van der Waals surface area (Å²) in [7, 11) is 2.00. The predicted octanol–water partition coefficient (Wildman–Crippen LogP) is 2.72. The first-order valence-electron chi connectivity index (χ1n) is 6.09. The first-order valence-corrected chi connectivity index (χ1v) is 7.08. The van der Waals surface area contributed by atoms with Crippen molar-refractivity contribution in [1.29, 1.82) is 5.26 Å². The number of nitrogens with zero attached hydrogens (tertiary/aromatic N) is 2. The highest BCUT2D eigenvalue weighted by Crippen LogP contribution is 2.30. The molecule has 0 saturated carbocycles. The minimum absolute atomic E-state index is 0.515. The Labute approximate surface area is 108 Å². The van der Waals surface area contributed by atoms with Crippen LogP contribution in [0, 0.1) is 11.3 Å². The second-order valence-corrected chi connectivity index (χ2v) is 5.68. The van der Waals surface area contributed by atoms with E-state index in [0.29, 0.717) is 6.54 Å². The summed E-state index contributed by atoms with van der Waals surface area (Å²) in [4.78, 5) is 3.53. The van der Waals surface area contributed by atoms with Crippen LogP contribution >= 0.6 is 11.8 Å². The maximum atomic E-state index is 8.60. The molecule has 1 aliphatic rings. The lowest BCUT2D eigenvalue weighted by Gasteiger charge is -2.17. The fraction of sp³-hybridized carbons (Fsp3) is 0.500.